The molecule has 0 amide bonds. The lowest BCUT2D eigenvalue weighted by Crippen LogP contribution is -2.38. The smallest absolute Gasteiger partial charge is 0.243 e. The molecule has 1 aromatic heterocycles. The molecule has 0 spiro atoms. The Morgan fingerprint density at radius 3 is 2.38 bits per heavy atom. The van der Waals surface area contributed by atoms with E-state index in [2.05, 4.69) is 17.6 Å². The first-order valence-electron chi connectivity index (χ1n) is 12.5. The van der Waals surface area contributed by atoms with E-state index >= 15 is 0 Å². The lowest BCUT2D eigenvalue weighted by atomic mass is 9.88. The average molecular weight is 541 g/mol. The quantitative estimate of drug-likeness (QED) is 0.260. The molecular weight excluding hydrogens is 511 g/mol. The maximum atomic E-state index is 14.6. The maximum Gasteiger partial charge on any atom is 0.243 e. The maximum absolute atomic E-state index is 14.6. The predicted molar refractivity (Wildman–Crippen MR) is 146 cm³/mol. The largest absolute Gasteiger partial charge is 0.494 e. The van der Waals surface area contributed by atoms with Crippen LogP contribution >= 0.6 is 11.6 Å². The molecule has 0 atom stereocenters. The molecule has 0 radical (unpaired) electrons. The number of fused-ring (bicyclic) bond motifs is 1. The Bertz CT molecular complexity index is 1500. The van der Waals surface area contributed by atoms with Crippen LogP contribution in [0.4, 0.5) is 4.39 Å². The summed E-state index contributed by atoms with van der Waals surface area (Å²) in [5.74, 6) is 0.539. The van der Waals surface area contributed by atoms with E-state index in [0.29, 0.717) is 55.4 Å². The highest BCUT2D eigenvalue weighted by Crippen LogP contribution is 2.39. The van der Waals surface area contributed by atoms with Crippen molar-refractivity contribution in [1.82, 2.24) is 8.87 Å². The van der Waals surface area contributed by atoms with Gasteiger partial charge in [0.15, 0.2) is 0 Å². The molecule has 1 aliphatic heterocycles. The highest BCUT2D eigenvalue weighted by molar-refractivity contribution is 7.89. The van der Waals surface area contributed by atoms with Crippen molar-refractivity contribution in [2.45, 2.75) is 44.0 Å². The molecule has 8 heteroatoms. The SMILES string of the molecule is CCOc1ccc(S(=O)(=O)N2CCC(c3c(C)n(Cc4c(F)cccc4Cl)c4ccccc34)CC2)cc1. The molecule has 0 saturated carbocycles. The van der Waals surface area contributed by atoms with E-state index in [9.17, 15) is 12.8 Å². The summed E-state index contributed by atoms with van der Waals surface area (Å²) < 4.78 is 50.3. The Morgan fingerprint density at radius 2 is 1.70 bits per heavy atom. The number of aromatic nitrogens is 1. The van der Waals surface area contributed by atoms with Gasteiger partial charge in [-0.2, -0.15) is 4.31 Å². The van der Waals surface area contributed by atoms with Gasteiger partial charge in [-0.3, -0.25) is 0 Å². The van der Waals surface area contributed by atoms with Crippen LogP contribution in [-0.2, 0) is 16.6 Å². The van der Waals surface area contributed by atoms with Crippen molar-refractivity contribution in [2.75, 3.05) is 19.7 Å². The van der Waals surface area contributed by atoms with Gasteiger partial charge in [0.2, 0.25) is 10.0 Å². The Hall–Kier alpha value is -2.87. The fourth-order valence-electron chi connectivity index (χ4n) is 5.43. The van der Waals surface area contributed by atoms with Crippen LogP contribution in [0.25, 0.3) is 10.9 Å². The van der Waals surface area contributed by atoms with Gasteiger partial charge in [0.05, 0.1) is 18.0 Å². The first-order chi connectivity index (χ1) is 17.8. The van der Waals surface area contributed by atoms with Gasteiger partial charge in [-0.15, -0.1) is 0 Å². The van der Waals surface area contributed by atoms with Crippen molar-refractivity contribution in [3.05, 3.63) is 94.4 Å². The van der Waals surface area contributed by atoms with Crippen LogP contribution in [-0.4, -0.2) is 37.0 Å². The van der Waals surface area contributed by atoms with Gasteiger partial charge in [0, 0.05) is 40.3 Å². The van der Waals surface area contributed by atoms with Crippen molar-refractivity contribution in [3.63, 3.8) is 0 Å². The monoisotopic (exact) mass is 540 g/mol. The van der Waals surface area contributed by atoms with Gasteiger partial charge in [-0.1, -0.05) is 35.9 Å². The van der Waals surface area contributed by atoms with Crippen LogP contribution < -0.4 is 4.74 Å². The molecule has 0 N–H and O–H groups in total. The first kappa shape index (κ1) is 25.8. The van der Waals surface area contributed by atoms with E-state index in [1.807, 2.05) is 25.1 Å². The molecule has 3 aromatic carbocycles. The van der Waals surface area contributed by atoms with Crippen molar-refractivity contribution in [2.24, 2.45) is 0 Å². The van der Waals surface area contributed by atoms with Gasteiger partial charge in [0.1, 0.15) is 11.6 Å². The summed E-state index contributed by atoms with van der Waals surface area (Å²) >= 11 is 6.35. The lowest BCUT2D eigenvalue weighted by Gasteiger charge is -2.31. The number of hydrogen-bond acceptors (Lipinski definition) is 3. The summed E-state index contributed by atoms with van der Waals surface area (Å²) in [5.41, 5.74) is 3.77. The van der Waals surface area contributed by atoms with Crippen LogP contribution in [0.2, 0.25) is 5.02 Å². The first-order valence-corrected chi connectivity index (χ1v) is 14.4. The van der Waals surface area contributed by atoms with E-state index in [0.717, 1.165) is 16.6 Å². The second-order valence-corrected chi connectivity index (χ2v) is 11.7. The fourth-order valence-corrected chi connectivity index (χ4v) is 7.12. The van der Waals surface area contributed by atoms with Crippen molar-refractivity contribution in [3.8, 4) is 5.75 Å². The van der Waals surface area contributed by atoms with Crippen LogP contribution in [0.1, 0.15) is 42.5 Å². The van der Waals surface area contributed by atoms with Crippen LogP contribution in [0.3, 0.4) is 0 Å². The number of piperidine rings is 1. The van der Waals surface area contributed by atoms with Crippen molar-refractivity contribution >= 4 is 32.5 Å². The molecular formula is C29H30ClFN2O3S. The predicted octanol–water partition coefficient (Wildman–Crippen LogP) is 6.76. The molecule has 194 valence electrons. The van der Waals surface area contributed by atoms with E-state index in [4.69, 9.17) is 16.3 Å². The lowest BCUT2D eigenvalue weighted by molar-refractivity contribution is 0.319. The average Bonchev–Trinajstić information content (AvgIpc) is 3.18. The summed E-state index contributed by atoms with van der Waals surface area (Å²) in [6.07, 6.45) is 1.43. The molecule has 5 rings (SSSR count). The zero-order valence-corrected chi connectivity index (χ0v) is 22.5. The van der Waals surface area contributed by atoms with E-state index < -0.39 is 10.0 Å². The Labute approximate surface area is 222 Å². The van der Waals surface area contributed by atoms with E-state index in [-0.39, 0.29) is 16.6 Å². The van der Waals surface area contributed by atoms with Gasteiger partial charge < -0.3 is 9.30 Å². The number of ether oxygens (including phenoxy) is 1. The standard InChI is InChI=1S/C29H30ClFN2O3S/c1-3-36-22-11-13-23(14-12-22)37(34,35)32-17-15-21(16-18-32)29-20(2)33(28-10-5-4-7-24(28)29)19-25-26(30)8-6-9-27(25)31/h4-14,21H,3,15-19H2,1-2H3. The van der Waals surface area contributed by atoms with Crippen molar-refractivity contribution in [1.29, 1.82) is 0 Å². The summed E-state index contributed by atoms with van der Waals surface area (Å²) in [6.45, 7) is 5.71. The van der Waals surface area contributed by atoms with Gasteiger partial charge in [-0.25, -0.2) is 12.8 Å². The summed E-state index contributed by atoms with van der Waals surface area (Å²) in [5, 5.41) is 1.53. The van der Waals surface area contributed by atoms with Crippen LogP contribution in [0.5, 0.6) is 5.75 Å². The second-order valence-electron chi connectivity index (χ2n) is 9.39. The molecule has 0 bridgehead atoms. The molecule has 37 heavy (non-hydrogen) atoms. The molecule has 4 aromatic rings. The topological polar surface area (TPSA) is 51.5 Å². The molecule has 5 nitrogen and oxygen atoms in total. The molecule has 0 aliphatic carbocycles. The Balaban J connectivity index is 1.40. The fraction of sp³-hybridized carbons (Fsp3) is 0.310. The molecule has 0 unspecified atom stereocenters. The second kappa shape index (κ2) is 10.5. The van der Waals surface area contributed by atoms with Gasteiger partial charge in [0.25, 0.3) is 0 Å². The summed E-state index contributed by atoms with van der Waals surface area (Å²) in [7, 11) is -3.58. The molecule has 1 aliphatic rings. The third-order valence-corrected chi connectivity index (χ3v) is 9.56. The number of sulfonamides is 1. The number of para-hydroxylation sites is 1. The van der Waals surface area contributed by atoms with Gasteiger partial charge >= 0.3 is 0 Å². The minimum atomic E-state index is -3.58. The number of nitrogens with zero attached hydrogens (tertiary/aromatic N) is 2. The number of hydrogen-bond donors (Lipinski definition) is 0. The number of benzene rings is 3. The van der Waals surface area contributed by atoms with Gasteiger partial charge in [-0.05, 0) is 80.6 Å². The highest BCUT2D eigenvalue weighted by atomic mass is 35.5. The summed E-state index contributed by atoms with van der Waals surface area (Å²) in [4.78, 5) is 0.281. The minimum Gasteiger partial charge on any atom is -0.494 e. The summed E-state index contributed by atoms with van der Waals surface area (Å²) in [6, 6.07) is 19.5. The van der Waals surface area contributed by atoms with Crippen LogP contribution in [0, 0.1) is 12.7 Å². The normalized spacial score (nSPS) is 15.4. The van der Waals surface area contributed by atoms with E-state index in [1.54, 1.807) is 40.7 Å². The van der Waals surface area contributed by atoms with Crippen molar-refractivity contribution < 1.29 is 17.5 Å². The zero-order chi connectivity index (χ0) is 26.2. The third kappa shape index (κ3) is 4.88. The molecule has 1 fully saturated rings. The zero-order valence-electron chi connectivity index (χ0n) is 21.0. The third-order valence-electron chi connectivity index (χ3n) is 7.29. The Morgan fingerprint density at radius 1 is 1.00 bits per heavy atom. The number of rotatable bonds is 7. The van der Waals surface area contributed by atoms with E-state index in [1.165, 1.54) is 11.6 Å². The van der Waals surface area contributed by atoms with Crippen LogP contribution in [0.15, 0.2) is 71.6 Å². The minimum absolute atomic E-state index is 0.203. The molecule has 2 heterocycles. The highest BCUT2D eigenvalue weighted by Gasteiger charge is 2.32. The number of halogens is 2. The molecule has 1 saturated heterocycles. The Kier molecular flexibility index (Phi) is 7.30.